The van der Waals surface area contributed by atoms with Crippen LogP contribution in [0.1, 0.15) is 38.5 Å². The van der Waals surface area contributed by atoms with Crippen LogP contribution in [0.3, 0.4) is 0 Å². The van der Waals surface area contributed by atoms with Gasteiger partial charge in [-0.05, 0) is 25.7 Å². The van der Waals surface area contributed by atoms with Crippen molar-refractivity contribution in [2.75, 3.05) is 26.2 Å². The van der Waals surface area contributed by atoms with Crippen molar-refractivity contribution in [2.45, 2.75) is 38.5 Å². The van der Waals surface area contributed by atoms with E-state index in [1.807, 2.05) is 0 Å². The van der Waals surface area contributed by atoms with Gasteiger partial charge >= 0.3 is 0 Å². The summed E-state index contributed by atoms with van der Waals surface area (Å²) < 4.78 is 27.8. The minimum Gasteiger partial charge on any atom is -0.396 e. The molecule has 0 aromatic rings. The number of nitrogens with one attached hydrogen (secondary N) is 1. The van der Waals surface area contributed by atoms with Gasteiger partial charge in [0.05, 0.1) is 0 Å². The third-order valence-corrected chi connectivity index (χ3v) is 4.39. The predicted molar refractivity (Wildman–Crippen MR) is 63.3 cm³/mol. The normalized spacial score (nSPS) is 19.6. The van der Waals surface area contributed by atoms with Crippen LogP contribution in [0.5, 0.6) is 0 Å². The fourth-order valence-electron chi connectivity index (χ4n) is 1.81. The standard InChI is InChI=1S/C10H22N2O3S/c13-10-6-3-7-11-16(14,15)12-8-4-1-2-5-9-12/h11,13H,1-10H2. The molecule has 1 saturated heterocycles. The van der Waals surface area contributed by atoms with Crippen molar-refractivity contribution in [3.63, 3.8) is 0 Å². The fourth-order valence-corrected chi connectivity index (χ4v) is 3.14. The Balaban J connectivity index is 2.36. The maximum absolute atomic E-state index is 11.9. The van der Waals surface area contributed by atoms with E-state index in [9.17, 15) is 8.42 Å². The minimum absolute atomic E-state index is 0.117. The lowest BCUT2D eigenvalue weighted by atomic mass is 10.2. The Bertz CT molecular complexity index is 272. The van der Waals surface area contributed by atoms with Gasteiger partial charge in [0.25, 0.3) is 10.2 Å². The van der Waals surface area contributed by atoms with Crippen molar-refractivity contribution in [3.8, 4) is 0 Å². The summed E-state index contributed by atoms with van der Waals surface area (Å²) in [6, 6.07) is 0. The molecule has 0 aromatic carbocycles. The third kappa shape index (κ3) is 4.78. The summed E-state index contributed by atoms with van der Waals surface area (Å²) >= 11 is 0. The Labute approximate surface area is 98.0 Å². The van der Waals surface area contributed by atoms with E-state index in [0.717, 1.165) is 25.7 Å². The van der Waals surface area contributed by atoms with Crippen LogP contribution in [0, 0.1) is 0 Å². The number of hydrogen-bond donors (Lipinski definition) is 2. The number of rotatable bonds is 6. The lowest BCUT2D eigenvalue weighted by Gasteiger charge is -2.20. The molecule has 0 unspecified atom stereocenters. The maximum Gasteiger partial charge on any atom is 0.279 e. The van der Waals surface area contributed by atoms with Crippen molar-refractivity contribution >= 4 is 10.2 Å². The van der Waals surface area contributed by atoms with E-state index in [4.69, 9.17) is 5.11 Å². The fraction of sp³-hybridized carbons (Fsp3) is 1.00. The molecule has 0 saturated carbocycles. The lowest BCUT2D eigenvalue weighted by Crippen LogP contribution is -2.41. The van der Waals surface area contributed by atoms with Gasteiger partial charge in [-0.2, -0.15) is 12.7 Å². The predicted octanol–water partition coefficient (Wildman–Crippen LogP) is 0.469. The molecule has 0 spiro atoms. The second kappa shape index (κ2) is 7.21. The van der Waals surface area contributed by atoms with Gasteiger partial charge in [0.1, 0.15) is 0 Å². The zero-order valence-corrected chi connectivity index (χ0v) is 10.5. The molecule has 0 aliphatic carbocycles. The lowest BCUT2D eigenvalue weighted by molar-refractivity contribution is 0.284. The molecule has 96 valence electrons. The van der Waals surface area contributed by atoms with Crippen molar-refractivity contribution < 1.29 is 13.5 Å². The van der Waals surface area contributed by atoms with Crippen LogP contribution in [-0.4, -0.2) is 44.1 Å². The van der Waals surface area contributed by atoms with E-state index < -0.39 is 10.2 Å². The molecule has 1 fully saturated rings. The van der Waals surface area contributed by atoms with Crippen LogP contribution in [-0.2, 0) is 10.2 Å². The van der Waals surface area contributed by atoms with Crippen molar-refractivity contribution in [3.05, 3.63) is 0 Å². The van der Waals surface area contributed by atoms with Crippen molar-refractivity contribution in [1.29, 1.82) is 0 Å². The second-order valence-electron chi connectivity index (χ2n) is 4.14. The van der Waals surface area contributed by atoms with Crippen LogP contribution in [0.15, 0.2) is 0 Å². The number of hydrogen-bond acceptors (Lipinski definition) is 3. The van der Waals surface area contributed by atoms with Crippen molar-refractivity contribution in [2.24, 2.45) is 0 Å². The van der Waals surface area contributed by atoms with Crippen LogP contribution in [0.4, 0.5) is 0 Å². The monoisotopic (exact) mass is 250 g/mol. The molecule has 5 nitrogen and oxygen atoms in total. The SMILES string of the molecule is O=S(=O)(NCCCCO)N1CCCCCC1. The number of unbranched alkanes of at least 4 members (excludes halogenated alkanes) is 1. The summed E-state index contributed by atoms with van der Waals surface area (Å²) in [5.74, 6) is 0. The van der Waals surface area contributed by atoms with E-state index >= 15 is 0 Å². The summed E-state index contributed by atoms with van der Waals surface area (Å²) in [5, 5.41) is 8.59. The van der Waals surface area contributed by atoms with Gasteiger partial charge in [0.15, 0.2) is 0 Å². The maximum atomic E-state index is 11.9. The Morgan fingerprint density at radius 2 is 1.69 bits per heavy atom. The van der Waals surface area contributed by atoms with E-state index in [1.165, 1.54) is 0 Å². The molecule has 6 heteroatoms. The Kier molecular flexibility index (Phi) is 6.26. The van der Waals surface area contributed by atoms with Gasteiger partial charge in [-0.25, -0.2) is 4.72 Å². The summed E-state index contributed by atoms with van der Waals surface area (Å²) in [4.78, 5) is 0. The summed E-state index contributed by atoms with van der Waals surface area (Å²) in [5.41, 5.74) is 0. The zero-order valence-electron chi connectivity index (χ0n) is 9.69. The van der Waals surface area contributed by atoms with E-state index in [1.54, 1.807) is 4.31 Å². The molecule has 0 radical (unpaired) electrons. The Morgan fingerprint density at radius 1 is 1.06 bits per heavy atom. The van der Waals surface area contributed by atoms with Gasteiger partial charge in [-0.3, -0.25) is 0 Å². The number of nitrogens with zero attached hydrogens (tertiary/aromatic N) is 1. The van der Waals surface area contributed by atoms with Crippen LogP contribution in [0.2, 0.25) is 0 Å². The van der Waals surface area contributed by atoms with Gasteiger partial charge in [0, 0.05) is 26.2 Å². The molecule has 1 aliphatic heterocycles. The zero-order chi connectivity index (χ0) is 11.9. The second-order valence-corrected chi connectivity index (χ2v) is 5.90. The topological polar surface area (TPSA) is 69.6 Å². The molecular weight excluding hydrogens is 228 g/mol. The van der Waals surface area contributed by atoms with Crippen molar-refractivity contribution in [1.82, 2.24) is 9.03 Å². The van der Waals surface area contributed by atoms with Gasteiger partial charge in [-0.1, -0.05) is 12.8 Å². The molecule has 0 bridgehead atoms. The highest BCUT2D eigenvalue weighted by molar-refractivity contribution is 7.87. The minimum atomic E-state index is -3.29. The highest BCUT2D eigenvalue weighted by atomic mass is 32.2. The number of aliphatic hydroxyl groups is 1. The van der Waals surface area contributed by atoms with Crippen LogP contribution >= 0.6 is 0 Å². The average molecular weight is 250 g/mol. The molecule has 1 rings (SSSR count). The molecule has 0 aromatic heterocycles. The molecule has 2 N–H and O–H groups in total. The Hall–Kier alpha value is -0.170. The molecule has 0 amide bonds. The first-order chi connectivity index (χ1) is 7.67. The summed E-state index contributed by atoms with van der Waals surface area (Å²) in [6.45, 7) is 1.80. The molecule has 16 heavy (non-hydrogen) atoms. The third-order valence-electron chi connectivity index (χ3n) is 2.77. The van der Waals surface area contributed by atoms with E-state index in [-0.39, 0.29) is 6.61 Å². The highest BCUT2D eigenvalue weighted by Crippen LogP contribution is 2.12. The Morgan fingerprint density at radius 3 is 2.25 bits per heavy atom. The largest absolute Gasteiger partial charge is 0.396 e. The van der Waals surface area contributed by atoms with Gasteiger partial charge < -0.3 is 5.11 Å². The first-order valence-corrected chi connectivity index (χ1v) is 7.46. The smallest absolute Gasteiger partial charge is 0.279 e. The van der Waals surface area contributed by atoms with E-state index in [2.05, 4.69) is 4.72 Å². The quantitative estimate of drug-likeness (QED) is 0.673. The summed E-state index contributed by atoms with van der Waals surface area (Å²) in [6.07, 6.45) is 5.48. The van der Waals surface area contributed by atoms with E-state index in [0.29, 0.717) is 32.5 Å². The number of aliphatic hydroxyl groups excluding tert-OH is 1. The molecule has 0 atom stereocenters. The highest BCUT2D eigenvalue weighted by Gasteiger charge is 2.21. The van der Waals surface area contributed by atoms with Crippen LogP contribution < -0.4 is 4.72 Å². The molecule has 1 heterocycles. The first kappa shape index (κ1) is 13.9. The summed E-state index contributed by atoms with van der Waals surface area (Å²) in [7, 11) is -3.29. The molecular formula is C10H22N2O3S. The van der Waals surface area contributed by atoms with Crippen LogP contribution in [0.25, 0.3) is 0 Å². The molecule has 1 aliphatic rings. The average Bonchev–Trinajstić information content (AvgIpc) is 2.53. The van der Waals surface area contributed by atoms with Gasteiger partial charge in [-0.15, -0.1) is 0 Å². The first-order valence-electron chi connectivity index (χ1n) is 6.02. The van der Waals surface area contributed by atoms with Gasteiger partial charge in [0.2, 0.25) is 0 Å².